The van der Waals surface area contributed by atoms with Crippen LogP contribution in [0.4, 0.5) is 0 Å². The fourth-order valence-corrected chi connectivity index (χ4v) is 3.18. The predicted molar refractivity (Wildman–Crippen MR) is 91.2 cm³/mol. The topological polar surface area (TPSA) is 47.7 Å². The predicted octanol–water partition coefficient (Wildman–Crippen LogP) is 3.59. The van der Waals surface area contributed by atoms with E-state index < -0.39 is 0 Å². The summed E-state index contributed by atoms with van der Waals surface area (Å²) in [6.07, 6.45) is 2.23. The second kappa shape index (κ2) is 9.28. The second-order valence-corrected chi connectivity index (χ2v) is 5.87. The van der Waals surface area contributed by atoms with E-state index in [9.17, 15) is 0 Å². The van der Waals surface area contributed by atoms with E-state index >= 15 is 0 Å². The molecule has 1 atom stereocenters. The molecular formula is C16H27BrN2O2. The summed E-state index contributed by atoms with van der Waals surface area (Å²) in [5.74, 6) is 1.46. The van der Waals surface area contributed by atoms with Crippen molar-refractivity contribution in [1.29, 1.82) is 0 Å². The van der Waals surface area contributed by atoms with E-state index in [1.807, 2.05) is 12.1 Å². The third-order valence-electron chi connectivity index (χ3n) is 3.55. The molecule has 0 radical (unpaired) electrons. The van der Waals surface area contributed by atoms with Crippen LogP contribution in [0.5, 0.6) is 11.5 Å². The maximum absolute atomic E-state index is 6.06. The lowest BCUT2D eigenvalue weighted by Crippen LogP contribution is -2.35. The first-order valence-electron chi connectivity index (χ1n) is 7.48. The van der Waals surface area contributed by atoms with E-state index in [1.165, 1.54) is 0 Å². The lowest BCUT2D eigenvalue weighted by atomic mass is 10.0. The summed E-state index contributed by atoms with van der Waals surface area (Å²) >= 11 is 3.65. The number of nitrogens with two attached hydrogens (primary N) is 1. The van der Waals surface area contributed by atoms with Gasteiger partial charge in [-0.3, -0.25) is 4.90 Å². The number of methoxy groups -OCH3 is 2. The highest BCUT2D eigenvalue weighted by molar-refractivity contribution is 9.10. The van der Waals surface area contributed by atoms with Crippen LogP contribution in [0.3, 0.4) is 0 Å². The Bertz CT molecular complexity index is 435. The van der Waals surface area contributed by atoms with Gasteiger partial charge in [0.2, 0.25) is 0 Å². The van der Waals surface area contributed by atoms with Crippen LogP contribution < -0.4 is 15.2 Å². The molecule has 0 aliphatic carbocycles. The van der Waals surface area contributed by atoms with Crippen LogP contribution >= 0.6 is 15.9 Å². The van der Waals surface area contributed by atoms with Gasteiger partial charge in [-0.2, -0.15) is 0 Å². The maximum atomic E-state index is 6.06. The molecule has 1 rings (SSSR count). The molecule has 2 N–H and O–H groups in total. The van der Waals surface area contributed by atoms with Crippen LogP contribution in [0.15, 0.2) is 16.6 Å². The average Bonchev–Trinajstić information content (AvgIpc) is 2.49. The minimum atomic E-state index is 0.180. The SMILES string of the molecule is CCCN(CCC)C(CN)c1cc(OC)c(OC)cc1Br. The lowest BCUT2D eigenvalue weighted by molar-refractivity contribution is 0.201. The van der Waals surface area contributed by atoms with Gasteiger partial charge in [0.05, 0.1) is 14.2 Å². The number of hydrogen-bond donors (Lipinski definition) is 1. The first kappa shape index (κ1) is 18.3. The fraction of sp³-hybridized carbons (Fsp3) is 0.625. The van der Waals surface area contributed by atoms with Crippen molar-refractivity contribution in [3.63, 3.8) is 0 Å². The molecule has 1 aromatic carbocycles. The molecule has 1 aromatic rings. The molecular weight excluding hydrogens is 332 g/mol. The number of halogens is 1. The van der Waals surface area contributed by atoms with Crippen LogP contribution in [-0.4, -0.2) is 38.8 Å². The summed E-state index contributed by atoms with van der Waals surface area (Å²) < 4.78 is 11.8. The molecule has 4 nitrogen and oxygen atoms in total. The molecule has 0 saturated carbocycles. The molecule has 5 heteroatoms. The molecule has 0 spiro atoms. The normalized spacial score (nSPS) is 12.5. The van der Waals surface area contributed by atoms with E-state index in [1.54, 1.807) is 14.2 Å². The number of nitrogens with zero attached hydrogens (tertiary/aromatic N) is 1. The van der Waals surface area contributed by atoms with Crippen molar-refractivity contribution in [2.45, 2.75) is 32.7 Å². The number of ether oxygens (including phenoxy) is 2. The van der Waals surface area contributed by atoms with E-state index in [0.29, 0.717) is 6.54 Å². The maximum Gasteiger partial charge on any atom is 0.161 e. The summed E-state index contributed by atoms with van der Waals surface area (Å²) in [4.78, 5) is 2.44. The Morgan fingerprint density at radius 2 is 1.62 bits per heavy atom. The lowest BCUT2D eigenvalue weighted by Gasteiger charge is -2.31. The smallest absolute Gasteiger partial charge is 0.161 e. The zero-order valence-corrected chi connectivity index (χ0v) is 15.1. The fourth-order valence-electron chi connectivity index (χ4n) is 2.60. The molecule has 0 saturated heterocycles. The van der Waals surface area contributed by atoms with Crippen molar-refractivity contribution in [3.8, 4) is 11.5 Å². The Labute approximate surface area is 136 Å². The summed E-state index contributed by atoms with van der Waals surface area (Å²) in [6.45, 7) is 7.04. The molecule has 0 aliphatic heterocycles. The monoisotopic (exact) mass is 358 g/mol. The zero-order valence-electron chi connectivity index (χ0n) is 13.5. The third-order valence-corrected chi connectivity index (χ3v) is 4.23. The highest BCUT2D eigenvalue weighted by Gasteiger charge is 2.22. The largest absolute Gasteiger partial charge is 0.493 e. The molecule has 1 unspecified atom stereocenters. The Balaban J connectivity index is 3.19. The van der Waals surface area contributed by atoms with E-state index in [4.69, 9.17) is 15.2 Å². The molecule has 0 heterocycles. The third kappa shape index (κ3) is 4.59. The van der Waals surface area contributed by atoms with Crippen LogP contribution in [0.1, 0.15) is 38.3 Å². The van der Waals surface area contributed by atoms with Crippen molar-refractivity contribution in [1.82, 2.24) is 4.90 Å². The molecule has 0 bridgehead atoms. The molecule has 21 heavy (non-hydrogen) atoms. The van der Waals surface area contributed by atoms with Gasteiger partial charge in [0.25, 0.3) is 0 Å². The van der Waals surface area contributed by atoms with Gasteiger partial charge in [0.1, 0.15) is 0 Å². The molecule has 0 amide bonds. The average molecular weight is 359 g/mol. The molecule has 120 valence electrons. The Morgan fingerprint density at radius 1 is 1.10 bits per heavy atom. The summed E-state index contributed by atoms with van der Waals surface area (Å²) in [7, 11) is 3.30. The molecule has 0 aromatic heterocycles. The van der Waals surface area contributed by atoms with Crippen LogP contribution in [0, 0.1) is 0 Å². The van der Waals surface area contributed by atoms with E-state index in [0.717, 1.165) is 47.5 Å². The molecule has 0 fully saturated rings. The van der Waals surface area contributed by atoms with Crippen LogP contribution in [0.2, 0.25) is 0 Å². The van der Waals surface area contributed by atoms with E-state index in [-0.39, 0.29) is 6.04 Å². The van der Waals surface area contributed by atoms with Crippen molar-refractivity contribution in [2.24, 2.45) is 5.73 Å². The van der Waals surface area contributed by atoms with Gasteiger partial charge >= 0.3 is 0 Å². The Kier molecular flexibility index (Phi) is 8.07. The summed E-state index contributed by atoms with van der Waals surface area (Å²) in [5.41, 5.74) is 7.21. The number of hydrogen-bond acceptors (Lipinski definition) is 4. The van der Waals surface area contributed by atoms with Gasteiger partial charge in [0, 0.05) is 17.1 Å². The first-order chi connectivity index (χ1) is 10.1. The first-order valence-corrected chi connectivity index (χ1v) is 8.27. The van der Waals surface area contributed by atoms with Crippen molar-refractivity contribution in [2.75, 3.05) is 33.9 Å². The Morgan fingerprint density at radius 3 is 2.05 bits per heavy atom. The highest BCUT2D eigenvalue weighted by atomic mass is 79.9. The van der Waals surface area contributed by atoms with Gasteiger partial charge in [-0.15, -0.1) is 0 Å². The van der Waals surface area contributed by atoms with Crippen molar-refractivity contribution >= 4 is 15.9 Å². The number of rotatable bonds is 9. The van der Waals surface area contributed by atoms with Gasteiger partial charge < -0.3 is 15.2 Å². The number of benzene rings is 1. The van der Waals surface area contributed by atoms with Crippen molar-refractivity contribution < 1.29 is 9.47 Å². The Hall–Kier alpha value is -0.780. The quantitative estimate of drug-likeness (QED) is 0.732. The van der Waals surface area contributed by atoms with Crippen LogP contribution in [0.25, 0.3) is 0 Å². The van der Waals surface area contributed by atoms with Crippen LogP contribution in [-0.2, 0) is 0 Å². The minimum absolute atomic E-state index is 0.180. The summed E-state index contributed by atoms with van der Waals surface area (Å²) in [6, 6.07) is 4.16. The van der Waals surface area contributed by atoms with Gasteiger partial charge in [0.15, 0.2) is 11.5 Å². The van der Waals surface area contributed by atoms with Gasteiger partial charge in [-0.05, 0) is 43.6 Å². The van der Waals surface area contributed by atoms with Gasteiger partial charge in [-0.1, -0.05) is 29.8 Å². The standard InChI is InChI=1S/C16H27BrN2O2/c1-5-7-19(8-6-2)14(11-18)12-9-15(20-3)16(21-4)10-13(12)17/h9-10,14H,5-8,11,18H2,1-4H3. The summed E-state index contributed by atoms with van der Waals surface area (Å²) in [5, 5.41) is 0. The highest BCUT2D eigenvalue weighted by Crippen LogP contribution is 2.37. The van der Waals surface area contributed by atoms with E-state index in [2.05, 4.69) is 34.7 Å². The van der Waals surface area contributed by atoms with Gasteiger partial charge in [-0.25, -0.2) is 0 Å². The van der Waals surface area contributed by atoms with Crippen molar-refractivity contribution in [3.05, 3.63) is 22.2 Å². The minimum Gasteiger partial charge on any atom is -0.493 e. The second-order valence-electron chi connectivity index (χ2n) is 5.02. The molecule has 0 aliphatic rings. The zero-order chi connectivity index (χ0) is 15.8.